The number of rotatable bonds is 7. The van der Waals surface area contributed by atoms with Crippen LogP contribution >= 0.6 is 0 Å². The highest BCUT2D eigenvalue weighted by Gasteiger charge is 2.16. The SMILES string of the molecule is CCc1cc(C(CCC(C)N)N(C)C)ccc1OC. The molecule has 0 saturated heterocycles. The number of hydrogen-bond acceptors (Lipinski definition) is 3. The second-order valence-corrected chi connectivity index (χ2v) is 5.46. The first-order valence-corrected chi connectivity index (χ1v) is 7.08. The highest BCUT2D eigenvalue weighted by atomic mass is 16.5. The lowest BCUT2D eigenvalue weighted by Crippen LogP contribution is -2.23. The fourth-order valence-corrected chi connectivity index (χ4v) is 2.43. The lowest BCUT2D eigenvalue weighted by molar-refractivity contribution is 0.274. The van der Waals surface area contributed by atoms with Crippen LogP contribution in [0.25, 0.3) is 0 Å². The topological polar surface area (TPSA) is 38.5 Å². The summed E-state index contributed by atoms with van der Waals surface area (Å²) < 4.78 is 5.40. The van der Waals surface area contributed by atoms with Crippen molar-refractivity contribution in [2.45, 2.75) is 45.2 Å². The van der Waals surface area contributed by atoms with Crippen LogP contribution in [-0.4, -0.2) is 32.1 Å². The molecule has 0 radical (unpaired) electrons. The van der Waals surface area contributed by atoms with Crippen molar-refractivity contribution in [3.8, 4) is 5.75 Å². The Morgan fingerprint density at radius 3 is 2.42 bits per heavy atom. The van der Waals surface area contributed by atoms with E-state index in [2.05, 4.69) is 51.0 Å². The van der Waals surface area contributed by atoms with Gasteiger partial charge >= 0.3 is 0 Å². The molecule has 3 heteroatoms. The van der Waals surface area contributed by atoms with Crippen molar-refractivity contribution in [1.29, 1.82) is 0 Å². The molecule has 1 rings (SSSR count). The summed E-state index contributed by atoms with van der Waals surface area (Å²) in [5, 5.41) is 0. The van der Waals surface area contributed by atoms with Gasteiger partial charge in [-0.25, -0.2) is 0 Å². The van der Waals surface area contributed by atoms with E-state index in [-0.39, 0.29) is 6.04 Å². The Morgan fingerprint density at radius 2 is 1.95 bits per heavy atom. The molecule has 0 fully saturated rings. The first-order valence-electron chi connectivity index (χ1n) is 7.08. The maximum atomic E-state index is 5.88. The van der Waals surface area contributed by atoms with E-state index in [0.29, 0.717) is 6.04 Å². The van der Waals surface area contributed by atoms with Gasteiger partial charge in [0.1, 0.15) is 5.75 Å². The molecule has 3 nitrogen and oxygen atoms in total. The van der Waals surface area contributed by atoms with Gasteiger partial charge in [-0.3, -0.25) is 0 Å². The summed E-state index contributed by atoms with van der Waals surface area (Å²) >= 11 is 0. The second-order valence-electron chi connectivity index (χ2n) is 5.46. The van der Waals surface area contributed by atoms with Crippen LogP contribution in [0.15, 0.2) is 18.2 Å². The van der Waals surface area contributed by atoms with Gasteiger partial charge in [-0.1, -0.05) is 19.1 Å². The molecule has 0 aliphatic heterocycles. The van der Waals surface area contributed by atoms with Crippen molar-refractivity contribution in [2.24, 2.45) is 5.73 Å². The third kappa shape index (κ3) is 4.51. The average Bonchev–Trinajstić information content (AvgIpc) is 2.37. The van der Waals surface area contributed by atoms with E-state index in [4.69, 9.17) is 10.5 Å². The molecule has 108 valence electrons. The van der Waals surface area contributed by atoms with Gasteiger partial charge in [0.05, 0.1) is 7.11 Å². The Bertz CT molecular complexity index is 388. The summed E-state index contributed by atoms with van der Waals surface area (Å²) in [6, 6.07) is 7.19. The Kier molecular flexibility index (Phi) is 6.32. The average molecular weight is 264 g/mol. The zero-order chi connectivity index (χ0) is 14.4. The number of ether oxygens (including phenoxy) is 1. The number of nitrogens with zero attached hydrogens (tertiary/aromatic N) is 1. The third-order valence-electron chi connectivity index (χ3n) is 3.59. The van der Waals surface area contributed by atoms with Crippen LogP contribution < -0.4 is 10.5 Å². The van der Waals surface area contributed by atoms with Gasteiger partial charge in [0.25, 0.3) is 0 Å². The van der Waals surface area contributed by atoms with Crippen LogP contribution in [0.5, 0.6) is 5.75 Å². The van der Waals surface area contributed by atoms with Crippen molar-refractivity contribution in [1.82, 2.24) is 4.90 Å². The van der Waals surface area contributed by atoms with E-state index in [0.717, 1.165) is 25.0 Å². The summed E-state index contributed by atoms with van der Waals surface area (Å²) in [4.78, 5) is 2.27. The van der Waals surface area contributed by atoms with Crippen molar-refractivity contribution in [2.75, 3.05) is 21.2 Å². The summed E-state index contributed by atoms with van der Waals surface area (Å²) in [6.45, 7) is 4.23. The highest BCUT2D eigenvalue weighted by molar-refractivity contribution is 5.38. The largest absolute Gasteiger partial charge is 0.496 e. The first kappa shape index (κ1) is 16.0. The Morgan fingerprint density at radius 1 is 1.26 bits per heavy atom. The van der Waals surface area contributed by atoms with Gasteiger partial charge in [0.2, 0.25) is 0 Å². The highest BCUT2D eigenvalue weighted by Crippen LogP contribution is 2.29. The molecular weight excluding hydrogens is 236 g/mol. The van der Waals surface area contributed by atoms with Crippen LogP contribution in [-0.2, 0) is 6.42 Å². The minimum atomic E-state index is 0.256. The number of methoxy groups -OCH3 is 1. The smallest absolute Gasteiger partial charge is 0.122 e. The van der Waals surface area contributed by atoms with E-state index in [1.807, 2.05) is 0 Å². The Balaban J connectivity index is 2.95. The molecule has 0 saturated carbocycles. The molecule has 1 aromatic rings. The molecule has 2 N–H and O–H groups in total. The van der Waals surface area contributed by atoms with Crippen molar-refractivity contribution in [3.63, 3.8) is 0 Å². The maximum Gasteiger partial charge on any atom is 0.122 e. The summed E-state index contributed by atoms with van der Waals surface area (Å²) in [7, 11) is 5.98. The summed E-state index contributed by atoms with van der Waals surface area (Å²) in [5.74, 6) is 0.982. The number of hydrogen-bond donors (Lipinski definition) is 1. The van der Waals surface area contributed by atoms with Crippen LogP contribution in [0.2, 0.25) is 0 Å². The molecular formula is C16H28N2O. The number of aryl methyl sites for hydroxylation is 1. The standard InChI is InChI=1S/C16H28N2O/c1-6-13-11-14(8-10-16(13)19-5)15(18(3)4)9-7-12(2)17/h8,10-12,15H,6-7,9,17H2,1-5H3. The van der Waals surface area contributed by atoms with E-state index in [1.54, 1.807) is 7.11 Å². The van der Waals surface area contributed by atoms with Gasteiger partial charge in [0.15, 0.2) is 0 Å². The molecule has 0 aromatic heterocycles. The molecule has 0 bridgehead atoms. The molecule has 1 aromatic carbocycles. The van der Waals surface area contributed by atoms with Crippen LogP contribution in [0.4, 0.5) is 0 Å². The van der Waals surface area contributed by atoms with E-state index in [1.165, 1.54) is 11.1 Å². The monoisotopic (exact) mass is 264 g/mol. The number of benzene rings is 1. The Labute approximate surface area is 117 Å². The molecule has 0 amide bonds. The molecule has 2 atom stereocenters. The van der Waals surface area contributed by atoms with Crippen molar-refractivity contribution < 1.29 is 4.74 Å². The minimum absolute atomic E-state index is 0.256. The van der Waals surface area contributed by atoms with Crippen molar-refractivity contribution >= 4 is 0 Å². The molecule has 0 aliphatic rings. The lowest BCUT2D eigenvalue weighted by Gasteiger charge is -2.26. The molecule has 2 unspecified atom stereocenters. The zero-order valence-electron chi connectivity index (χ0n) is 12.9. The maximum absolute atomic E-state index is 5.88. The van der Waals surface area contributed by atoms with Crippen LogP contribution in [0.3, 0.4) is 0 Å². The van der Waals surface area contributed by atoms with Gasteiger partial charge < -0.3 is 15.4 Å². The van der Waals surface area contributed by atoms with Crippen LogP contribution in [0.1, 0.15) is 43.9 Å². The lowest BCUT2D eigenvalue weighted by atomic mass is 9.96. The van der Waals surface area contributed by atoms with E-state index in [9.17, 15) is 0 Å². The van der Waals surface area contributed by atoms with Crippen LogP contribution in [0, 0.1) is 0 Å². The van der Waals surface area contributed by atoms with Gasteiger partial charge in [-0.15, -0.1) is 0 Å². The molecule has 0 spiro atoms. The minimum Gasteiger partial charge on any atom is -0.496 e. The first-order chi connectivity index (χ1) is 8.99. The van der Waals surface area contributed by atoms with E-state index < -0.39 is 0 Å². The summed E-state index contributed by atoms with van der Waals surface area (Å²) in [5.41, 5.74) is 8.50. The van der Waals surface area contributed by atoms with Gasteiger partial charge in [0, 0.05) is 12.1 Å². The fourth-order valence-electron chi connectivity index (χ4n) is 2.43. The predicted molar refractivity (Wildman–Crippen MR) is 81.7 cm³/mol. The molecule has 19 heavy (non-hydrogen) atoms. The summed E-state index contributed by atoms with van der Waals surface area (Å²) in [6.07, 6.45) is 3.11. The molecule has 0 aliphatic carbocycles. The molecule has 0 heterocycles. The van der Waals surface area contributed by atoms with Crippen molar-refractivity contribution in [3.05, 3.63) is 29.3 Å². The third-order valence-corrected chi connectivity index (χ3v) is 3.59. The quantitative estimate of drug-likeness (QED) is 0.823. The number of nitrogens with two attached hydrogens (primary N) is 1. The normalized spacial score (nSPS) is 14.5. The van der Waals surface area contributed by atoms with Gasteiger partial charge in [-0.05, 0) is 57.5 Å². The fraction of sp³-hybridized carbons (Fsp3) is 0.625. The van der Waals surface area contributed by atoms with E-state index >= 15 is 0 Å². The predicted octanol–water partition coefficient (Wildman–Crippen LogP) is 2.99. The second kappa shape index (κ2) is 7.51. The van der Waals surface area contributed by atoms with Gasteiger partial charge in [-0.2, -0.15) is 0 Å². The Hall–Kier alpha value is -1.06. The zero-order valence-corrected chi connectivity index (χ0v) is 12.9.